The summed E-state index contributed by atoms with van der Waals surface area (Å²) in [7, 11) is 0. The zero-order valence-electron chi connectivity index (χ0n) is 21.7. The second kappa shape index (κ2) is 11.1. The molecule has 2 unspecified atom stereocenters. The average molecular weight is 520 g/mol. The third-order valence-electron chi connectivity index (χ3n) is 6.70. The van der Waals surface area contributed by atoms with E-state index < -0.39 is 35.2 Å². The van der Waals surface area contributed by atoms with E-state index in [1.807, 2.05) is 30.3 Å². The highest BCUT2D eigenvalue weighted by Gasteiger charge is 2.47. The van der Waals surface area contributed by atoms with E-state index in [4.69, 9.17) is 4.74 Å². The maximum absolute atomic E-state index is 13.6. The highest BCUT2D eigenvalue weighted by atomic mass is 32.2. The molecular formula is C26H37N3O6S. The number of carbonyl (C=O) groups is 4. The predicted molar refractivity (Wildman–Crippen MR) is 138 cm³/mol. The Morgan fingerprint density at radius 2 is 1.72 bits per heavy atom. The van der Waals surface area contributed by atoms with Gasteiger partial charge < -0.3 is 20.1 Å². The van der Waals surface area contributed by atoms with Crippen molar-refractivity contribution in [2.75, 3.05) is 24.7 Å². The first-order valence-corrected chi connectivity index (χ1v) is 13.5. The van der Waals surface area contributed by atoms with Gasteiger partial charge in [0.15, 0.2) is 0 Å². The number of carbonyl (C=O) groups excluding carboxylic acids is 3. The zero-order valence-corrected chi connectivity index (χ0v) is 22.5. The van der Waals surface area contributed by atoms with Gasteiger partial charge in [-0.05, 0) is 45.1 Å². The topological polar surface area (TPSA) is 116 Å². The number of carboxylic acid groups (broad SMARTS) is 1. The number of piperidine rings is 1. The maximum atomic E-state index is 13.6. The van der Waals surface area contributed by atoms with Crippen LogP contribution < -0.4 is 5.32 Å². The summed E-state index contributed by atoms with van der Waals surface area (Å²) in [6, 6.07) is 7.71. The van der Waals surface area contributed by atoms with Crippen molar-refractivity contribution in [2.24, 2.45) is 5.92 Å². The Kier molecular flexibility index (Phi) is 8.59. The zero-order chi connectivity index (χ0) is 26.7. The van der Waals surface area contributed by atoms with Crippen molar-refractivity contribution in [3.05, 3.63) is 35.9 Å². The second-order valence-corrected chi connectivity index (χ2v) is 11.8. The first-order valence-electron chi connectivity index (χ1n) is 12.3. The number of thioether (sulfide) groups is 1. The smallest absolute Gasteiger partial charge is 0.411 e. The first kappa shape index (κ1) is 27.8. The molecule has 9 nitrogen and oxygen atoms in total. The van der Waals surface area contributed by atoms with E-state index in [9.17, 15) is 24.3 Å². The molecule has 0 spiro atoms. The molecular weight excluding hydrogens is 482 g/mol. The molecule has 2 aliphatic heterocycles. The van der Waals surface area contributed by atoms with Crippen LogP contribution >= 0.6 is 11.8 Å². The Balaban J connectivity index is 1.77. The Labute approximate surface area is 216 Å². The van der Waals surface area contributed by atoms with Crippen LogP contribution in [0.3, 0.4) is 0 Å². The van der Waals surface area contributed by atoms with Crippen LogP contribution in [0.5, 0.6) is 0 Å². The summed E-state index contributed by atoms with van der Waals surface area (Å²) in [6.07, 6.45) is 0.200. The number of aliphatic carboxylic acids is 1. The second-order valence-electron chi connectivity index (χ2n) is 10.8. The van der Waals surface area contributed by atoms with Crippen molar-refractivity contribution < 1.29 is 29.0 Å². The third kappa shape index (κ3) is 6.14. The van der Waals surface area contributed by atoms with Crippen LogP contribution in [0.15, 0.2) is 30.3 Å². The number of likely N-dealkylation sites (tertiary alicyclic amines) is 1. The lowest BCUT2D eigenvalue weighted by Crippen LogP contribution is -2.58. The number of benzene rings is 1. The van der Waals surface area contributed by atoms with Gasteiger partial charge in [-0.3, -0.25) is 14.5 Å². The number of hydrogen-bond acceptors (Lipinski definition) is 6. The molecule has 0 saturated carbocycles. The van der Waals surface area contributed by atoms with Gasteiger partial charge in [0, 0.05) is 18.8 Å². The Bertz CT molecular complexity index is 970. The van der Waals surface area contributed by atoms with Gasteiger partial charge in [0.2, 0.25) is 11.8 Å². The van der Waals surface area contributed by atoms with Crippen LogP contribution in [0.4, 0.5) is 4.79 Å². The average Bonchev–Trinajstić information content (AvgIpc) is 3.31. The molecule has 2 saturated heterocycles. The van der Waals surface area contributed by atoms with E-state index in [0.29, 0.717) is 37.6 Å². The van der Waals surface area contributed by atoms with Crippen LogP contribution in [0.2, 0.25) is 0 Å². The minimum atomic E-state index is -1.07. The molecule has 2 heterocycles. The summed E-state index contributed by atoms with van der Waals surface area (Å²) in [5.74, 6) is -0.962. The van der Waals surface area contributed by atoms with Gasteiger partial charge in [0.05, 0.1) is 11.3 Å². The van der Waals surface area contributed by atoms with Crippen LogP contribution in [0.1, 0.15) is 53.0 Å². The molecule has 2 aliphatic rings. The minimum Gasteiger partial charge on any atom is -0.480 e. The van der Waals surface area contributed by atoms with Crippen LogP contribution in [-0.4, -0.2) is 81.2 Å². The molecule has 1 aromatic rings. The largest absolute Gasteiger partial charge is 0.480 e. The van der Waals surface area contributed by atoms with E-state index in [2.05, 4.69) is 5.32 Å². The molecule has 2 N–H and O–H groups in total. The summed E-state index contributed by atoms with van der Waals surface area (Å²) < 4.78 is 5.49. The number of carboxylic acids is 1. The van der Waals surface area contributed by atoms with Crippen molar-refractivity contribution in [2.45, 2.75) is 70.6 Å². The molecule has 3 amide bonds. The van der Waals surface area contributed by atoms with Crippen molar-refractivity contribution in [3.8, 4) is 0 Å². The van der Waals surface area contributed by atoms with Crippen LogP contribution in [0, 0.1) is 5.92 Å². The minimum absolute atomic E-state index is 0.154. The standard InChI is InChI=1S/C26H37N3O6S/c1-17(2)20(22(31)32)27-23(33)26(18-9-7-6-8-10-18)11-13-28(14-12-26)21(30)19-15-36-16-29(19)24(34)35-25(3,4)5/h6-10,17,19-20H,11-16H2,1-5H3,(H,27,33)(H,31,32). The lowest BCUT2D eigenvalue weighted by atomic mass is 9.71. The third-order valence-corrected chi connectivity index (χ3v) is 7.72. The molecule has 1 aromatic carbocycles. The summed E-state index contributed by atoms with van der Waals surface area (Å²) >= 11 is 1.51. The number of ether oxygens (including phenoxy) is 1. The number of nitrogens with one attached hydrogen (secondary N) is 1. The molecule has 3 rings (SSSR count). The van der Waals surface area contributed by atoms with Crippen molar-refractivity contribution in [1.29, 1.82) is 0 Å². The summed E-state index contributed by atoms with van der Waals surface area (Å²) in [4.78, 5) is 54.6. The van der Waals surface area contributed by atoms with Crippen LogP contribution in [0.25, 0.3) is 0 Å². The number of rotatable bonds is 6. The van der Waals surface area contributed by atoms with Crippen molar-refractivity contribution in [3.63, 3.8) is 0 Å². The van der Waals surface area contributed by atoms with E-state index in [1.54, 1.807) is 39.5 Å². The summed E-state index contributed by atoms with van der Waals surface area (Å²) in [5, 5.41) is 12.4. The fraction of sp³-hybridized carbons (Fsp3) is 0.615. The van der Waals surface area contributed by atoms with E-state index in [0.717, 1.165) is 5.56 Å². The summed E-state index contributed by atoms with van der Waals surface area (Å²) in [5.41, 5.74) is -0.805. The quantitative estimate of drug-likeness (QED) is 0.593. The number of nitrogens with zero attached hydrogens (tertiary/aromatic N) is 2. The SMILES string of the molecule is CC(C)C(NC(=O)C1(c2ccccc2)CCN(C(=O)C2CSCN2C(=O)OC(C)(C)C)CC1)C(=O)O. The normalized spacial score (nSPS) is 20.7. The lowest BCUT2D eigenvalue weighted by molar-refractivity contribution is -0.145. The van der Waals surface area contributed by atoms with E-state index in [1.165, 1.54) is 16.7 Å². The molecule has 0 radical (unpaired) electrons. The fourth-order valence-corrected chi connectivity index (χ4v) is 5.80. The first-order chi connectivity index (χ1) is 16.9. The monoisotopic (exact) mass is 519 g/mol. The van der Waals surface area contributed by atoms with Gasteiger partial charge in [-0.15, -0.1) is 11.8 Å². The Hall–Kier alpha value is -2.75. The van der Waals surface area contributed by atoms with E-state index in [-0.39, 0.29) is 17.7 Å². The molecule has 2 atom stereocenters. The molecule has 0 aromatic heterocycles. The highest BCUT2D eigenvalue weighted by molar-refractivity contribution is 7.99. The van der Waals surface area contributed by atoms with Gasteiger partial charge in [0.1, 0.15) is 17.7 Å². The van der Waals surface area contributed by atoms with Crippen molar-refractivity contribution in [1.82, 2.24) is 15.1 Å². The van der Waals surface area contributed by atoms with Gasteiger partial charge in [-0.2, -0.15) is 0 Å². The Morgan fingerprint density at radius 3 is 2.25 bits per heavy atom. The van der Waals surface area contributed by atoms with Crippen LogP contribution in [-0.2, 0) is 24.5 Å². The van der Waals surface area contributed by atoms with Gasteiger partial charge in [0.25, 0.3) is 0 Å². The molecule has 198 valence electrons. The molecule has 10 heteroatoms. The highest BCUT2D eigenvalue weighted by Crippen LogP contribution is 2.37. The fourth-order valence-electron chi connectivity index (χ4n) is 4.66. The molecule has 0 aliphatic carbocycles. The van der Waals surface area contributed by atoms with Gasteiger partial charge in [-0.1, -0.05) is 44.2 Å². The Morgan fingerprint density at radius 1 is 1.11 bits per heavy atom. The maximum Gasteiger partial charge on any atom is 0.411 e. The van der Waals surface area contributed by atoms with Gasteiger partial charge in [-0.25, -0.2) is 9.59 Å². The van der Waals surface area contributed by atoms with Gasteiger partial charge >= 0.3 is 12.1 Å². The summed E-state index contributed by atoms with van der Waals surface area (Å²) in [6.45, 7) is 9.53. The van der Waals surface area contributed by atoms with E-state index >= 15 is 0 Å². The lowest BCUT2D eigenvalue weighted by Gasteiger charge is -2.42. The molecule has 36 heavy (non-hydrogen) atoms. The predicted octanol–water partition coefficient (Wildman–Crippen LogP) is 3.08. The van der Waals surface area contributed by atoms with Crippen molar-refractivity contribution >= 4 is 35.6 Å². The number of hydrogen-bond donors (Lipinski definition) is 2. The molecule has 2 fully saturated rings. The number of amides is 3. The molecule has 0 bridgehead atoms.